The fourth-order valence-corrected chi connectivity index (χ4v) is 2.20. The summed E-state index contributed by atoms with van der Waals surface area (Å²) in [5.74, 6) is 1.45. The fourth-order valence-electron chi connectivity index (χ4n) is 2.20. The molecule has 1 amide bonds. The summed E-state index contributed by atoms with van der Waals surface area (Å²) in [6, 6.07) is 11.3. The summed E-state index contributed by atoms with van der Waals surface area (Å²) < 4.78 is 0. The van der Waals surface area contributed by atoms with Crippen molar-refractivity contribution in [2.45, 2.75) is 19.8 Å². The molecule has 5 nitrogen and oxygen atoms in total. The van der Waals surface area contributed by atoms with Crippen LogP contribution in [-0.2, 0) is 17.6 Å². The van der Waals surface area contributed by atoms with Crippen molar-refractivity contribution in [3.05, 3.63) is 54.0 Å². The molecule has 21 heavy (non-hydrogen) atoms. The lowest BCUT2D eigenvalue weighted by atomic mass is 10.1. The average molecular weight is 280 g/mol. The number of imidazole rings is 1. The predicted molar refractivity (Wildman–Crippen MR) is 82.0 cm³/mol. The minimum atomic E-state index is -0.0803. The number of fused-ring (bicyclic) bond motifs is 1. The van der Waals surface area contributed by atoms with Crippen molar-refractivity contribution in [2.24, 2.45) is 0 Å². The summed E-state index contributed by atoms with van der Waals surface area (Å²) in [4.78, 5) is 23.8. The van der Waals surface area contributed by atoms with Gasteiger partial charge in [0.15, 0.2) is 0 Å². The summed E-state index contributed by atoms with van der Waals surface area (Å²) >= 11 is 0. The summed E-state index contributed by atoms with van der Waals surface area (Å²) in [7, 11) is 0. The smallest absolute Gasteiger partial charge is 0.229 e. The first-order valence-electron chi connectivity index (χ1n) is 6.93. The number of amides is 1. The molecule has 0 fully saturated rings. The van der Waals surface area contributed by atoms with E-state index >= 15 is 0 Å². The van der Waals surface area contributed by atoms with E-state index in [1.165, 1.54) is 0 Å². The van der Waals surface area contributed by atoms with Crippen molar-refractivity contribution >= 4 is 22.8 Å². The molecule has 0 atom stereocenters. The van der Waals surface area contributed by atoms with Gasteiger partial charge in [0.2, 0.25) is 5.91 Å². The fraction of sp³-hybridized carbons (Fsp3) is 0.188. The number of nitrogens with zero attached hydrogens (tertiary/aromatic N) is 2. The lowest BCUT2D eigenvalue weighted by Crippen LogP contribution is -2.15. The van der Waals surface area contributed by atoms with Crippen LogP contribution in [0.5, 0.6) is 0 Å². The Morgan fingerprint density at radius 3 is 2.95 bits per heavy atom. The Morgan fingerprint density at radius 2 is 2.19 bits per heavy atom. The van der Waals surface area contributed by atoms with Gasteiger partial charge in [0.25, 0.3) is 0 Å². The van der Waals surface area contributed by atoms with Crippen LogP contribution < -0.4 is 5.32 Å². The average Bonchev–Trinajstić information content (AvgIpc) is 2.90. The van der Waals surface area contributed by atoms with Crippen molar-refractivity contribution in [3.63, 3.8) is 0 Å². The molecule has 0 saturated heterocycles. The number of carbonyl (C=O) groups excluding carboxylic acids is 1. The van der Waals surface area contributed by atoms with Crippen LogP contribution in [0.2, 0.25) is 0 Å². The van der Waals surface area contributed by atoms with Gasteiger partial charge in [0.05, 0.1) is 17.5 Å². The number of anilines is 1. The Hall–Kier alpha value is -2.69. The largest absolute Gasteiger partial charge is 0.342 e. The van der Waals surface area contributed by atoms with Crippen LogP contribution in [0.25, 0.3) is 11.0 Å². The van der Waals surface area contributed by atoms with E-state index in [1.807, 2.05) is 30.3 Å². The molecule has 5 heteroatoms. The normalized spacial score (nSPS) is 10.7. The zero-order chi connectivity index (χ0) is 14.7. The topological polar surface area (TPSA) is 70.7 Å². The zero-order valence-electron chi connectivity index (χ0n) is 11.8. The number of benzene rings is 1. The molecule has 0 aliphatic carbocycles. The number of pyridine rings is 1. The van der Waals surface area contributed by atoms with Gasteiger partial charge in [-0.15, -0.1) is 0 Å². The van der Waals surface area contributed by atoms with Gasteiger partial charge in [0.1, 0.15) is 11.6 Å². The van der Waals surface area contributed by atoms with Crippen LogP contribution in [0.1, 0.15) is 18.3 Å². The van der Waals surface area contributed by atoms with Gasteiger partial charge in [-0.05, 0) is 29.8 Å². The summed E-state index contributed by atoms with van der Waals surface area (Å²) in [6.45, 7) is 2.05. The Bertz CT molecular complexity index is 764. The highest BCUT2D eigenvalue weighted by atomic mass is 16.1. The highest BCUT2D eigenvalue weighted by Gasteiger charge is 2.07. The maximum absolute atomic E-state index is 12.0. The molecular formula is C16H16N4O. The van der Waals surface area contributed by atoms with E-state index in [0.717, 1.165) is 28.8 Å². The van der Waals surface area contributed by atoms with Crippen molar-refractivity contribution in [2.75, 3.05) is 5.32 Å². The number of carbonyl (C=O) groups is 1. The minimum absolute atomic E-state index is 0.0803. The first kappa shape index (κ1) is 13.3. The van der Waals surface area contributed by atoms with Crippen LogP contribution >= 0.6 is 0 Å². The molecule has 0 spiro atoms. The van der Waals surface area contributed by atoms with Crippen molar-refractivity contribution in [1.29, 1.82) is 0 Å². The molecule has 2 N–H and O–H groups in total. The van der Waals surface area contributed by atoms with Gasteiger partial charge in [-0.1, -0.05) is 19.1 Å². The van der Waals surface area contributed by atoms with Crippen molar-refractivity contribution < 1.29 is 4.79 Å². The number of nitrogens with one attached hydrogen (secondary N) is 2. The molecule has 2 aromatic heterocycles. The Balaban J connectivity index is 1.73. The predicted octanol–water partition coefficient (Wildman–Crippen LogP) is 2.70. The maximum Gasteiger partial charge on any atom is 0.229 e. The van der Waals surface area contributed by atoms with Crippen LogP contribution in [0.3, 0.4) is 0 Å². The number of aromatic amines is 1. The number of hydrogen-bond acceptors (Lipinski definition) is 3. The lowest BCUT2D eigenvalue weighted by Gasteiger charge is -2.04. The number of rotatable bonds is 4. The molecule has 3 rings (SSSR count). The Kier molecular flexibility index (Phi) is 3.64. The number of aryl methyl sites for hydroxylation is 1. The van der Waals surface area contributed by atoms with Crippen LogP contribution in [0, 0.1) is 0 Å². The summed E-state index contributed by atoms with van der Waals surface area (Å²) in [5.41, 5.74) is 2.85. The van der Waals surface area contributed by atoms with E-state index in [1.54, 1.807) is 12.3 Å². The standard InChI is InChI=1S/C16H16N4O/c1-2-14-18-12-7-6-11(9-13(12)19-14)10-16(21)20-15-5-3-4-8-17-15/h3-9H,2,10H2,1H3,(H,18,19)(H,17,20,21). The Morgan fingerprint density at radius 1 is 1.29 bits per heavy atom. The molecule has 0 aliphatic heterocycles. The minimum Gasteiger partial charge on any atom is -0.342 e. The molecule has 0 unspecified atom stereocenters. The number of hydrogen-bond donors (Lipinski definition) is 2. The molecular weight excluding hydrogens is 264 g/mol. The van der Waals surface area contributed by atoms with Crippen LogP contribution in [0.4, 0.5) is 5.82 Å². The van der Waals surface area contributed by atoms with Crippen LogP contribution in [0.15, 0.2) is 42.6 Å². The molecule has 106 valence electrons. The van der Waals surface area contributed by atoms with E-state index in [9.17, 15) is 4.79 Å². The molecule has 0 bridgehead atoms. The first-order chi connectivity index (χ1) is 10.2. The molecule has 0 aliphatic rings. The molecule has 1 aromatic carbocycles. The second-order valence-corrected chi connectivity index (χ2v) is 4.83. The molecule has 2 heterocycles. The summed E-state index contributed by atoms with van der Waals surface area (Å²) in [6.07, 6.45) is 2.83. The third-order valence-corrected chi connectivity index (χ3v) is 3.23. The van der Waals surface area contributed by atoms with Gasteiger partial charge >= 0.3 is 0 Å². The zero-order valence-corrected chi connectivity index (χ0v) is 11.8. The number of H-pyrrole nitrogens is 1. The van der Waals surface area contributed by atoms with E-state index in [-0.39, 0.29) is 5.91 Å². The monoisotopic (exact) mass is 280 g/mol. The molecule has 0 radical (unpaired) electrons. The summed E-state index contributed by atoms with van der Waals surface area (Å²) in [5, 5.41) is 2.78. The van der Waals surface area contributed by atoms with Gasteiger partial charge in [-0.2, -0.15) is 0 Å². The third-order valence-electron chi connectivity index (χ3n) is 3.23. The van der Waals surface area contributed by atoms with Gasteiger partial charge in [0, 0.05) is 12.6 Å². The van der Waals surface area contributed by atoms with Gasteiger partial charge in [-0.3, -0.25) is 4.79 Å². The highest BCUT2D eigenvalue weighted by Crippen LogP contribution is 2.15. The number of aromatic nitrogens is 3. The van der Waals surface area contributed by atoms with Gasteiger partial charge < -0.3 is 10.3 Å². The quantitative estimate of drug-likeness (QED) is 0.772. The van der Waals surface area contributed by atoms with E-state index in [0.29, 0.717) is 12.2 Å². The molecule has 0 saturated carbocycles. The lowest BCUT2D eigenvalue weighted by molar-refractivity contribution is -0.115. The maximum atomic E-state index is 12.0. The molecule has 3 aromatic rings. The van der Waals surface area contributed by atoms with E-state index in [4.69, 9.17) is 0 Å². The van der Waals surface area contributed by atoms with E-state index in [2.05, 4.69) is 27.2 Å². The van der Waals surface area contributed by atoms with Crippen molar-refractivity contribution in [1.82, 2.24) is 15.0 Å². The SMILES string of the molecule is CCc1nc2ccc(CC(=O)Nc3ccccn3)cc2[nH]1. The van der Waals surface area contributed by atoms with Gasteiger partial charge in [-0.25, -0.2) is 9.97 Å². The second-order valence-electron chi connectivity index (χ2n) is 4.83. The third kappa shape index (κ3) is 3.08. The first-order valence-corrected chi connectivity index (χ1v) is 6.93. The highest BCUT2D eigenvalue weighted by molar-refractivity contribution is 5.92. The van der Waals surface area contributed by atoms with Crippen LogP contribution in [-0.4, -0.2) is 20.9 Å². The second kappa shape index (κ2) is 5.75. The van der Waals surface area contributed by atoms with E-state index < -0.39 is 0 Å². The Labute approximate surface area is 122 Å². The van der Waals surface area contributed by atoms with Crippen molar-refractivity contribution in [3.8, 4) is 0 Å².